The van der Waals surface area contributed by atoms with Gasteiger partial charge in [0, 0.05) is 32.1 Å². The highest BCUT2D eigenvalue weighted by atomic mass is 32.1. The summed E-state index contributed by atoms with van der Waals surface area (Å²) in [5.74, 6) is -0.433. The maximum absolute atomic E-state index is 13.4. The number of thiazole rings is 1. The summed E-state index contributed by atoms with van der Waals surface area (Å²) in [6.45, 7) is 0.609. The fraction of sp³-hybridized carbons (Fsp3) is 0.478. The molecule has 1 aliphatic carbocycles. The number of rotatable bonds is 6. The predicted molar refractivity (Wildman–Crippen MR) is 125 cm³/mol. The Kier molecular flexibility index (Phi) is 5.81. The third kappa shape index (κ3) is 4.69. The van der Waals surface area contributed by atoms with Gasteiger partial charge in [0.25, 0.3) is 0 Å². The summed E-state index contributed by atoms with van der Waals surface area (Å²) < 4.78 is 49.1. The first-order valence-corrected chi connectivity index (χ1v) is 12.1. The fourth-order valence-electron chi connectivity index (χ4n) is 4.86. The normalized spacial score (nSPS) is 26.3. The monoisotopic (exact) mass is 507 g/mol. The number of nitrogens with two attached hydrogens (primary N) is 1. The van der Waals surface area contributed by atoms with Crippen molar-refractivity contribution in [3.05, 3.63) is 46.7 Å². The van der Waals surface area contributed by atoms with Crippen molar-refractivity contribution in [1.29, 1.82) is 0 Å². The fourth-order valence-corrected chi connectivity index (χ4v) is 5.64. The number of primary amides is 1. The summed E-state index contributed by atoms with van der Waals surface area (Å²) in [6.07, 6.45) is 0.151. The molecule has 3 heterocycles. The minimum atomic E-state index is -4.54. The molecule has 2 fully saturated rings. The number of likely N-dealkylation sites (tertiary alicyclic amines) is 1. The molecule has 35 heavy (non-hydrogen) atoms. The first-order valence-electron chi connectivity index (χ1n) is 11.7. The molecular formula is C23H25F3N6O2S. The van der Waals surface area contributed by atoms with E-state index < -0.39 is 29.3 Å². The van der Waals surface area contributed by atoms with Gasteiger partial charge < -0.3 is 15.7 Å². The quantitative estimate of drug-likeness (QED) is 0.528. The first kappa shape index (κ1) is 22.6. The van der Waals surface area contributed by atoms with Gasteiger partial charge in [0.15, 0.2) is 0 Å². The van der Waals surface area contributed by atoms with Crippen LogP contribution in [0, 0.1) is 0 Å². The van der Waals surface area contributed by atoms with Gasteiger partial charge >= 0.3 is 6.18 Å². The molecule has 2 aromatic heterocycles. The molecule has 3 aromatic rings. The number of hydrogen-bond donors (Lipinski definition) is 2. The molecule has 3 N–H and O–H groups in total. The Hall–Kier alpha value is -2.83. The smallest absolute Gasteiger partial charge is 0.384 e. The molecule has 8 nitrogen and oxygen atoms in total. The second-order valence-corrected chi connectivity index (χ2v) is 9.93. The molecule has 12 heteroatoms. The number of anilines is 1. The Labute approximate surface area is 205 Å². The summed E-state index contributed by atoms with van der Waals surface area (Å²) in [4.78, 5) is 28.6. The molecule has 1 saturated carbocycles. The molecule has 0 atom stereocenters. The number of carbonyl (C=O) groups excluding carboxylic acids is 1. The highest BCUT2D eigenvalue weighted by Crippen LogP contribution is 2.41. The maximum atomic E-state index is 13.4. The standard InChI is InChI=1S/C23H25F3N6O2S/c24-23(25,26)14-1-2-18-17(7-14)21(30-12-29-18)32(11-20(27)33)16-9-31(10-16)15-3-5-22(34,6-4-15)19-8-28-13-35-19/h1-2,7-8,12-13,15-16,34H,3-6,9-11H2,(H2,27,33)/i15D. The van der Waals surface area contributed by atoms with Crippen LogP contribution in [0.2, 0.25) is 0 Å². The lowest BCUT2D eigenvalue weighted by atomic mass is 9.80. The highest BCUT2D eigenvalue weighted by molar-refractivity contribution is 7.09. The third-order valence-electron chi connectivity index (χ3n) is 6.84. The average molecular weight is 508 g/mol. The second-order valence-electron chi connectivity index (χ2n) is 9.04. The third-order valence-corrected chi connectivity index (χ3v) is 7.80. The Morgan fingerprint density at radius 3 is 2.69 bits per heavy atom. The number of carbonyl (C=O) groups is 1. The zero-order valence-corrected chi connectivity index (χ0v) is 19.5. The average Bonchev–Trinajstić information content (AvgIpc) is 3.34. The van der Waals surface area contributed by atoms with Gasteiger partial charge in [-0.05, 0) is 43.9 Å². The van der Waals surface area contributed by atoms with E-state index in [0.717, 1.165) is 17.0 Å². The van der Waals surface area contributed by atoms with Crippen molar-refractivity contribution >= 4 is 34.0 Å². The molecule has 1 aliphatic heterocycles. The summed E-state index contributed by atoms with van der Waals surface area (Å²) in [5.41, 5.74) is 5.67. The molecule has 5 rings (SSSR count). The van der Waals surface area contributed by atoms with Crippen LogP contribution in [0.5, 0.6) is 0 Å². The minimum Gasteiger partial charge on any atom is -0.384 e. The predicted octanol–water partition coefficient (Wildman–Crippen LogP) is 2.91. The van der Waals surface area contributed by atoms with E-state index in [-0.39, 0.29) is 23.8 Å². The van der Waals surface area contributed by atoms with Crippen molar-refractivity contribution < 1.29 is 24.4 Å². The van der Waals surface area contributed by atoms with E-state index >= 15 is 0 Å². The van der Waals surface area contributed by atoms with Crippen molar-refractivity contribution in [2.45, 2.75) is 49.5 Å². The summed E-state index contributed by atoms with van der Waals surface area (Å²) >= 11 is 1.40. The topological polar surface area (TPSA) is 108 Å². The summed E-state index contributed by atoms with van der Waals surface area (Å²) in [7, 11) is 0. The van der Waals surface area contributed by atoms with Gasteiger partial charge in [-0.15, -0.1) is 11.3 Å². The van der Waals surface area contributed by atoms with Crippen LogP contribution in [0.25, 0.3) is 10.9 Å². The molecule has 2 aliphatic rings. The number of alkyl halides is 3. The lowest BCUT2D eigenvalue weighted by Crippen LogP contribution is -2.64. The number of halogens is 3. The SMILES string of the molecule is [2H]C1(N2CC(N(CC(N)=O)c3ncnc4ccc(C(F)(F)F)cc34)C2)CCC(O)(c2cncs2)CC1. The molecule has 1 amide bonds. The lowest BCUT2D eigenvalue weighted by Gasteiger charge is -2.51. The van der Waals surface area contributed by atoms with E-state index in [1.807, 2.05) is 4.90 Å². The summed E-state index contributed by atoms with van der Waals surface area (Å²) in [6, 6.07) is 2.08. The lowest BCUT2D eigenvalue weighted by molar-refractivity contribution is -0.137. The number of hydrogen-bond acceptors (Lipinski definition) is 8. The van der Waals surface area contributed by atoms with E-state index in [4.69, 9.17) is 7.10 Å². The van der Waals surface area contributed by atoms with Crippen molar-refractivity contribution in [3.8, 4) is 0 Å². The zero-order chi connectivity index (χ0) is 25.7. The van der Waals surface area contributed by atoms with Crippen LogP contribution in [0.15, 0.2) is 36.2 Å². The van der Waals surface area contributed by atoms with Crippen molar-refractivity contribution in [1.82, 2.24) is 19.9 Å². The van der Waals surface area contributed by atoms with E-state index in [1.165, 1.54) is 23.7 Å². The number of fused-ring (bicyclic) bond motifs is 1. The minimum absolute atomic E-state index is 0.180. The Bertz CT molecular complexity index is 1260. The van der Waals surface area contributed by atoms with Crippen molar-refractivity contribution in [3.63, 3.8) is 0 Å². The number of aromatic nitrogens is 3. The Balaban J connectivity index is 1.36. The largest absolute Gasteiger partial charge is 0.416 e. The molecule has 0 unspecified atom stereocenters. The van der Waals surface area contributed by atoms with Crippen LogP contribution >= 0.6 is 11.3 Å². The van der Waals surface area contributed by atoms with Gasteiger partial charge in [0.2, 0.25) is 5.91 Å². The molecule has 0 radical (unpaired) electrons. The molecular weight excluding hydrogens is 481 g/mol. The Morgan fingerprint density at radius 1 is 1.31 bits per heavy atom. The highest BCUT2D eigenvalue weighted by Gasteiger charge is 2.43. The van der Waals surface area contributed by atoms with Gasteiger partial charge in [-0.3, -0.25) is 14.7 Å². The molecule has 1 saturated heterocycles. The number of nitrogens with zero attached hydrogens (tertiary/aromatic N) is 5. The van der Waals surface area contributed by atoms with E-state index in [9.17, 15) is 23.1 Å². The van der Waals surface area contributed by atoms with E-state index in [2.05, 4.69) is 15.0 Å². The van der Waals surface area contributed by atoms with Crippen LogP contribution in [0.1, 0.15) is 37.5 Å². The molecule has 1 aromatic carbocycles. The van der Waals surface area contributed by atoms with Crippen molar-refractivity contribution in [2.24, 2.45) is 5.73 Å². The van der Waals surface area contributed by atoms with E-state index in [0.29, 0.717) is 44.3 Å². The number of aliphatic hydroxyl groups is 1. The van der Waals surface area contributed by atoms with Crippen molar-refractivity contribution in [2.75, 3.05) is 24.5 Å². The van der Waals surface area contributed by atoms with E-state index in [1.54, 1.807) is 16.6 Å². The van der Waals surface area contributed by atoms with Crippen LogP contribution in [-0.2, 0) is 16.6 Å². The zero-order valence-electron chi connectivity index (χ0n) is 19.7. The van der Waals surface area contributed by atoms with Gasteiger partial charge in [-0.1, -0.05) is 0 Å². The molecule has 0 spiro atoms. The van der Waals surface area contributed by atoms with Gasteiger partial charge in [0.1, 0.15) is 17.7 Å². The Morgan fingerprint density at radius 2 is 2.06 bits per heavy atom. The number of amides is 1. The van der Waals surface area contributed by atoms with Gasteiger partial charge in [0.05, 0.1) is 34.1 Å². The number of benzene rings is 1. The molecule has 186 valence electrons. The van der Waals surface area contributed by atoms with Gasteiger partial charge in [-0.2, -0.15) is 13.2 Å². The maximum Gasteiger partial charge on any atom is 0.416 e. The summed E-state index contributed by atoms with van der Waals surface area (Å²) in [5, 5.41) is 11.2. The van der Waals surface area contributed by atoms with Crippen LogP contribution in [0.3, 0.4) is 0 Å². The van der Waals surface area contributed by atoms with Crippen LogP contribution in [0.4, 0.5) is 19.0 Å². The molecule has 0 bridgehead atoms. The van der Waals surface area contributed by atoms with Crippen LogP contribution < -0.4 is 10.6 Å². The first-order chi connectivity index (χ1) is 17.0. The van der Waals surface area contributed by atoms with Gasteiger partial charge in [-0.25, -0.2) is 9.97 Å². The second kappa shape index (κ2) is 8.99. The van der Waals surface area contributed by atoms with Crippen LogP contribution in [-0.4, -0.2) is 62.6 Å².